The van der Waals surface area contributed by atoms with Crippen LogP contribution in [-0.2, 0) is 19.3 Å². The van der Waals surface area contributed by atoms with Crippen molar-refractivity contribution in [2.24, 2.45) is 5.73 Å². The molecular weight excluding hydrogens is 251 g/mol. The summed E-state index contributed by atoms with van der Waals surface area (Å²) in [6.45, 7) is 9.62. The number of nitrogens with two attached hydrogens (primary N) is 1. The highest BCUT2D eigenvalue weighted by molar-refractivity contribution is 5.62. The third-order valence-electron chi connectivity index (χ3n) is 3.20. The normalized spacial score (nSPS) is 12.2. The van der Waals surface area contributed by atoms with Crippen molar-refractivity contribution in [3.8, 4) is 0 Å². The van der Waals surface area contributed by atoms with E-state index >= 15 is 0 Å². The van der Waals surface area contributed by atoms with Crippen LogP contribution in [0.25, 0.3) is 0 Å². The van der Waals surface area contributed by atoms with E-state index in [0.29, 0.717) is 12.2 Å². The van der Waals surface area contributed by atoms with Crippen LogP contribution in [0.1, 0.15) is 50.3 Å². The monoisotopic (exact) mass is 278 g/mol. The zero-order chi connectivity index (χ0) is 15.1. The Morgan fingerprint density at radius 3 is 2.10 bits per heavy atom. The van der Waals surface area contributed by atoms with Crippen LogP contribution in [0.3, 0.4) is 0 Å². The maximum atomic E-state index is 13.3. The molecule has 1 unspecified atom stereocenters. The van der Waals surface area contributed by atoms with E-state index in [0.717, 1.165) is 36.9 Å². The summed E-state index contributed by atoms with van der Waals surface area (Å²) >= 11 is 0. The predicted octanol–water partition coefficient (Wildman–Crippen LogP) is 4.33. The molecule has 1 rings (SSSR count). The Bertz CT molecular complexity index is 425. The molecule has 1 aromatic carbocycles. The number of benzene rings is 1. The van der Waals surface area contributed by atoms with Gasteiger partial charge in [-0.25, -0.2) is 4.39 Å². The summed E-state index contributed by atoms with van der Waals surface area (Å²) in [6.07, 6.45) is 3.67. The third kappa shape index (κ3) is 4.87. The molecule has 0 amide bonds. The first kappa shape index (κ1) is 16.5. The molecule has 112 valence electrons. The number of halogens is 1. The summed E-state index contributed by atoms with van der Waals surface area (Å²) in [5.74, 6) is 0.450. The van der Waals surface area contributed by atoms with Gasteiger partial charge >= 0.3 is 0 Å². The summed E-state index contributed by atoms with van der Waals surface area (Å²) in [4.78, 5) is 0. The number of hydrogen-bond donors (Lipinski definition) is 2. The minimum atomic E-state index is -0.817. The lowest BCUT2D eigenvalue weighted by atomic mass is 9.95. The van der Waals surface area contributed by atoms with Crippen LogP contribution >= 0.6 is 0 Å². The molecule has 3 N–H and O–H groups in total. The standard InChI is InChI=1S/C17H27FN2/c1-5-7-15-10-14(9-12(3)18)11-16(8-6-2)17(15)20-13(4)19/h10-12,20H,4-9,19H2,1-3H3. The second-order valence-corrected chi connectivity index (χ2v) is 5.42. The van der Waals surface area contributed by atoms with Crippen molar-refractivity contribution in [1.82, 2.24) is 0 Å². The summed E-state index contributed by atoms with van der Waals surface area (Å²) in [7, 11) is 0. The van der Waals surface area contributed by atoms with Gasteiger partial charge in [0.1, 0.15) is 6.17 Å². The third-order valence-corrected chi connectivity index (χ3v) is 3.20. The molecule has 0 aliphatic heterocycles. The van der Waals surface area contributed by atoms with Crippen molar-refractivity contribution in [3.05, 3.63) is 41.2 Å². The average molecular weight is 278 g/mol. The SMILES string of the molecule is C=C(N)Nc1c(CCC)cc(CC(C)F)cc1CCC. The van der Waals surface area contributed by atoms with Crippen LogP contribution in [0, 0.1) is 0 Å². The Labute approximate surface area is 122 Å². The van der Waals surface area contributed by atoms with Crippen LogP contribution < -0.4 is 11.1 Å². The Hall–Kier alpha value is -1.51. The quantitative estimate of drug-likeness (QED) is 0.742. The fraction of sp³-hybridized carbons (Fsp3) is 0.529. The number of rotatable bonds is 8. The van der Waals surface area contributed by atoms with Crippen LogP contribution in [0.5, 0.6) is 0 Å². The number of alkyl halides is 1. The first-order valence-corrected chi connectivity index (χ1v) is 7.48. The number of aryl methyl sites for hydroxylation is 2. The smallest absolute Gasteiger partial charge is 0.101 e. The molecule has 0 fully saturated rings. The second-order valence-electron chi connectivity index (χ2n) is 5.42. The molecular formula is C17H27FN2. The van der Waals surface area contributed by atoms with Crippen LogP contribution in [0.4, 0.5) is 10.1 Å². The molecule has 0 heterocycles. The molecule has 0 bridgehead atoms. The summed E-state index contributed by atoms with van der Waals surface area (Å²) < 4.78 is 13.3. The molecule has 2 nitrogen and oxygen atoms in total. The molecule has 0 spiro atoms. The van der Waals surface area contributed by atoms with Crippen molar-refractivity contribution in [2.75, 3.05) is 5.32 Å². The Morgan fingerprint density at radius 1 is 1.25 bits per heavy atom. The molecule has 20 heavy (non-hydrogen) atoms. The fourth-order valence-corrected chi connectivity index (χ4v) is 2.54. The van der Waals surface area contributed by atoms with Crippen LogP contribution in [-0.4, -0.2) is 6.17 Å². The van der Waals surface area contributed by atoms with E-state index in [1.165, 1.54) is 11.1 Å². The van der Waals surface area contributed by atoms with Gasteiger partial charge in [0.15, 0.2) is 0 Å². The number of anilines is 1. The molecule has 0 saturated carbocycles. The van der Waals surface area contributed by atoms with Crippen LogP contribution in [0.15, 0.2) is 24.5 Å². The van der Waals surface area contributed by atoms with Gasteiger partial charge in [-0.2, -0.15) is 0 Å². The molecule has 1 aromatic rings. The molecule has 0 aliphatic rings. The maximum absolute atomic E-state index is 13.3. The van der Waals surface area contributed by atoms with Gasteiger partial charge in [-0.05, 0) is 36.5 Å². The zero-order valence-electron chi connectivity index (χ0n) is 12.9. The molecule has 1 atom stereocenters. The van der Waals surface area contributed by atoms with Gasteiger partial charge in [0.25, 0.3) is 0 Å². The molecule has 3 heteroatoms. The minimum Gasteiger partial charge on any atom is -0.386 e. The first-order chi connectivity index (χ1) is 9.47. The van der Waals surface area contributed by atoms with Gasteiger partial charge in [-0.1, -0.05) is 45.4 Å². The highest BCUT2D eigenvalue weighted by Gasteiger charge is 2.12. The molecule has 0 radical (unpaired) electrons. The highest BCUT2D eigenvalue weighted by atomic mass is 19.1. The van der Waals surface area contributed by atoms with Crippen molar-refractivity contribution < 1.29 is 4.39 Å². The van der Waals surface area contributed by atoms with Gasteiger partial charge in [0.2, 0.25) is 0 Å². The molecule has 0 aromatic heterocycles. The Balaban J connectivity index is 3.25. The first-order valence-electron chi connectivity index (χ1n) is 7.48. The van der Waals surface area contributed by atoms with E-state index in [9.17, 15) is 4.39 Å². The van der Waals surface area contributed by atoms with Gasteiger partial charge in [0.05, 0.1) is 5.82 Å². The zero-order valence-corrected chi connectivity index (χ0v) is 12.9. The summed E-state index contributed by atoms with van der Waals surface area (Å²) in [5.41, 5.74) is 10.3. The molecule has 0 saturated heterocycles. The van der Waals surface area contributed by atoms with Crippen molar-refractivity contribution in [2.45, 2.75) is 59.0 Å². The lowest BCUT2D eigenvalue weighted by Gasteiger charge is -2.18. The van der Waals surface area contributed by atoms with E-state index in [4.69, 9.17) is 5.73 Å². The largest absolute Gasteiger partial charge is 0.386 e. The van der Waals surface area contributed by atoms with E-state index in [-0.39, 0.29) is 0 Å². The minimum absolute atomic E-state index is 0.450. The average Bonchev–Trinajstić information content (AvgIpc) is 2.33. The number of nitrogens with one attached hydrogen (secondary N) is 1. The summed E-state index contributed by atoms with van der Waals surface area (Å²) in [6, 6.07) is 4.20. The van der Waals surface area contributed by atoms with Gasteiger partial charge in [-0.15, -0.1) is 0 Å². The highest BCUT2D eigenvalue weighted by Crippen LogP contribution is 2.27. The topological polar surface area (TPSA) is 38.0 Å². The van der Waals surface area contributed by atoms with Crippen molar-refractivity contribution in [3.63, 3.8) is 0 Å². The lowest BCUT2D eigenvalue weighted by molar-refractivity contribution is 0.360. The van der Waals surface area contributed by atoms with Crippen LogP contribution in [0.2, 0.25) is 0 Å². The van der Waals surface area contributed by atoms with Gasteiger partial charge in [-0.3, -0.25) is 0 Å². The molecule has 0 aliphatic carbocycles. The Kier molecular flexibility index (Phi) is 6.56. The van der Waals surface area contributed by atoms with E-state index < -0.39 is 6.17 Å². The predicted molar refractivity (Wildman–Crippen MR) is 85.7 cm³/mol. The number of hydrogen-bond acceptors (Lipinski definition) is 2. The van der Waals surface area contributed by atoms with Gasteiger partial charge < -0.3 is 11.1 Å². The fourth-order valence-electron chi connectivity index (χ4n) is 2.54. The van der Waals surface area contributed by atoms with Crippen molar-refractivity contribution in [1.29, 1.82) is 0 Å². The van der Waals surface area contributed by atoms with E-state index in [1.807, 2.05) is 0 Å². The maximum Gasteiger partial charge on any atom is 0.101 e. The van der Waals surface area contributed by atoms with E-state index in [2.05, 4.69) is 37.9 Å². The second kappa shape index (κ2) is 7.93. The van der Waals surface area contributed by atoms with E-state index in [1.54, 1.807) is 6.92 Å². The Morgan fingerprint density at radius 2 is 1.75 bits per heavy atom. The van der Waals surface area contributed by atoms with Gasteiger partial charge in [0, 0.05) is 12.1 Å². The lowest BCUT2D eigenvalue weighted by Crippen LogP contribution is -2.12. The summed E-state index contributed by atoms with van der Waals surface area (Å²) in [5, 5.41) is 3.18. The van der Waals surface area contributed by atoms with Crippen molar-refractivity contribution >= 4 is 5.69 Å².